The first-order chi connectivity index (χ1) is 11.4. The fourth-order valence-electron chi connectivity index (χ4n) is 3.06. The van der Waals surface area contributed by atoms with E-state index in [-0.39, 0.29) is 0 Å². The summed E-state index contributed by atoms with van der Waals surface area (Å²) in [4.78, 5) is 8.97. The highest BCUT2D eigenvalue weighted by Crippen LogP contribution is 2.38. The molecule has 1 N–H and O–H groups in total. The second-order valence-electron chi connectivity index (χ2n) is 5.75. The average Bonchev–Trinajstić information content (AvgIpc) is 3.27. The van der Waals surface area contributed by atoms with Crippen molar-refractivity contribution in [1.29, 1.82) is 0 Å². The normalized spacial score (nSPS) is 18.3. The summed E-state index contributed by atoms with van der Waals surface area (Å²) in [5.41, 5.74) is 2.53. The van der Waals surface area contributed by atoms with Crippen molar-refractivity contribution in [3.05, 3.63) is 72.8 Å². The van der Waals surface area contributed by atoms with Gasteiger partial charge < -0.3 is 4.98 Å². The van der Waals surface area contributed by atoms with Gasteiger partial charge in [-0.2, -0.15) is 0 Å². The summed E-state index contributed by atoms with van der Waals surface area (Å²) in [5.74, 6) is 1.08. The zero-order valence-electron chi connectivity index (χ0n) is 12.9. The molecule has 1 saturated heterocycles. The largest absolute Gasteiger partial charge is 0.347 e. The van der Waals surface area contributed by atoms with Gasteiger partial charge in [-0.05, 0) is 48.0 Å². The number of nitrogens with zero attached hydrogens (tertiary/aromatic N) is 2. The van der Waals surface area contributed by atoms with Crippen molar-refractivity contribution in [2.24, 2.45) is 0 Å². The fraction of sp³-hybridized carbons (Fsp3) is 0.211. The molecule has 116 valence electrons. The van der Waals surface area contributed by atoms with Crippen molar-refractivity contribution in [1.82, 2.24) is 14.3 Å². The molecule has 4 rings (SSSR count). The maximum absolute atomic E-state index is 4.43. The molecule has 23 heavy (non-hydrogen) atoms. The Hall–Kier alpha value is -2.04. The number of hydrogen-bond donors (Lipinski definition) is 1. The number of H-pyrrole nitrogens is 1. The summed E-state index contributed by atoms with van der Waals surface area (Å²) in [6.07, 6.45) is 6.14. The first-order valence-corrected chi connectivity index (χ1v) is 8.77. The average molecular weight is 321 g/mol. The van der Waals surface area contributed by atoms with E-state index in [1.54, 1.807) is 0 Å². The molecule has 1 fully saturated rings. The van der Waals surface area contributed by atoms with Crippen LogP contribution in [0.4, 0.5) is 0 Å². The van der Waals surface area contributed by atoms with E-state index in [2.05, 4.69) is 68.9 Å². The van der Waals surface area contributed by atoms with Gasteiger partial charge in [-0.1, -0.05) is 42.5 Å². The molecule has 2 aromatic carbocycles. The van der Waals surface area contributed by atoms with Gasteiger partial charge in [0, 0.05) is 23.8 Å². The Kier molecular flexibility index (Phi) is 4.18. The predicted octanol–water partition coefficient (Wildman–Crippen LogP) is 4.92. The zero-order chi connectivity index (χ0) is 15.5. The lowest BCUT2D eigenvalue weighted by molar-refractivity contribution is 0.435. The molecule has 1 aliphatic rings. The number of rotatable bonds is 4. The third-order valence-corrected chi connectivity index (χ3v) is 5.38. The van der Waals surface area contributed by atoms with Crippen LogP contribution < -0.4 is 0 Å². The van der Waals surface area contributed by atoms with Crippen LogP contribution in [0.2, 0.25) is 0 Å². The first-order valence-electron chi connectivity index (χ1n) is 7.99. The molecular formula is C19H19N3S. The third-order valence-electron chi connectivity index (χ3n) is 4.22. The summed E-state index contributed by atoms with van der Waals surface area (Å²) in [5, 5.41) is 0. The van der Waals surface area contributed by atoms with Crippen molar-refractivity contribution in [2.75, 3.05) is 6.54 Å². The second kappa shape index (κ2) is 6.60. The standard InChI is InChI=1S/C19H19N3S/c1-2-5-15(6-3-1)16-8-10-17(11-9-16)23-22-14-4-7-18(22)19-20-12-13-21-19/h1-3,5-6,8-13,18H,4,7,14H2,(H,20,21)/t18-/m0/s1. The molecule has 1 aromatic heterocycles. The van der Waals surface area contributed by atoms with Crippen LogP contribution in [-0.2, 0) is 0 Å². The van der Waals surface area contributed by atoms with Crippen molar-refractivity contribution >= 4 is 11.9 Å². The van der Waals surface area contributed by atoms with Crippen molar-refractivity contribution in [3.63, 3.8) is 0 Å². The van der Waals surface area contributed by atoms with Crippen molar-refractivity contribution in [2.45, 2.75) is 23.8 Å². The van der Waals surface area contributed by atoms with E-state index in [1.807, 2.05) is 24.3 Å². The van der Waals surface area contributed by atoms with Crippen LogP contribution >= 0.6 is 11.9 Å². The number of nitrogens with one attached hydrogen (secondary N) is 1. The third kappa shape index (κ3) is 3.19. The Morgan fingerprint density at radius 2 is 1.78 bits per heavy atom. The summed E-state index contributed by atoms with van der Waals surface area (Å²) in [6.45, 7) is 1.11. The van der Waals surface area contributed by atoms with E-state index in [1.165, 1.54) is 28.9 Å². The molecule has 0 radical (unpaired) electrons. The molecule has 0 saturated carbocycles. The van der Waals surface area contributed by atoms with Gasteiger partial charge in [0.15, 0.2) is 0 Å². The molecular weight excluding hydrogens is 302 g/mol. The zero-order valence-corrected chi connectivity index (χ0v) is 13.7. The van der Waals surface area contributed by atoms with Gasteiger partial charge >= 0.3 is 0 Å². The van der Waals surface area contributed by atoms with E-state index in [4.69, 9.17) is 0 Å². The lowest BCUT2D eigenvalue weighted by Crippen LogP contribution is -2.16. The minimum Gasteiger partial charge on any atom is -0.347 e. The van der Waals surface area contributed by atoms with Crippen LogP contribution in [0.3, 0.4) is 0 Å². The molecule has 0 amide bonds. The van der Waals surface area contributed by atoms with Crippen LogP contribution in [0, 0.1) is 0 Å². The highest BCUT2D eigenvalue weighted by molar-refractivity contribution is 7.97. The van der Waals surface area contributed by atoms with Gasteiger partial charge in [-0.3, -0.25) is 0 Å². The van der Waals surface area contributed by atoms with Crippen molar-refractivity contribution in [3.8, 4) is 11.1 Å². The van der Waals surface area contributed by atoms with Gasteiger partial charge in [0.1, 0.15) is 5.82 Å². The predicted molar refractivity (Wildman–Crippen MR) is 95.0 cm³/mol. The summed E-state index contributed by atoms with van der Waals surface area (Å²) in [6, 6.07) is 19.7. The minimum absolute atomic E-state index is 0.392. The highest BCUT2D eigenvalue weighted by atomic mass is 32.2. The minimum atomic E-state index is 0.392. The van der Waals surface area contributed by atoms with Gasteiger partial charge in [0.25, 0.3) is 0 Å². The van der Waals surface area contributed by atoms with Gasteiger partial charge in [0.05, 0.1) is 6.04 Å². The topological polar surface area (TPSA) is 31.9 Å². The Balaban J connectivity index is 1.49. The summed E-state index contributed by atoms with van der Waals surface area (Å²) >= 11 is 1.83. The summed E-state index contributed by atoms with van der Waals surface area (Å²) < 4.78 is 2.44. The van der Waals surface area contributed by atoms with E-state index in [0.29, 0.717) is 6.04 Å². The maximum Gasteiger partial charge on any atom is 0.124 e. The molecule has 3 nitrogen and oxygen atoms in total. The number of aromatic nitrogens is 2. The summed E-state index contributed by atoms with van der Waals surface area (Å²) in [7, 11) is 0. The molecule has 0 bridgehead atoms. The van der Waals surface area contributed by atoms with E-state index >= 15 is 0 Å². The fourth-order valence-corrected chi connectivity index (χ4v) is 4.14. The van der Waals surface area contributed by atoms with Crippen LogP contribution in [-0.4, -0.2) is 20.8 Å². The number of imidazole rings is 1. The van der Waals surface area contributed by atoms with E-state index in [0.717, 1.165) is 12.4 Å². The molecule has 4 heteroatoms. The molecule has 0 spiro atoms. The highest BCUT2D eigenvalue weighted by Gasteiger charge is 2.28. The molecule has 2 heterocycles. The van der Waals surface area contributed by atoms with Gasteiger partial charge in [-0.15, -0.1) is 0 Å². The monoisotopic (exact) mass is 321 g/mol. The lowest BCUT2D eigenvalue weighted by atomic mass is 10.1. The van der Waals surface area contributed by atoms with Crippen molar-refractivity contribution < 1.29 is 0 Å². The van der Waals surface area contributed by atoms with E-state index in [9.17, 15) is 0 Å². The van der Waals surface area contributed by atoms with Crippen LogP contribution in [0.25, 0.3) is 11.1 Å². The maximum atomic E-state index is 4.43. The Bertz CT molecular complexity index is 738. The SMILES string of the molecule is c1ccc(-c2ccc(SN3CCC[C@H]3c3ncc[nH]3)cc2)cc1. The molecule has 1 atom stereocenters. The molecule has 0 unspecified atom stereocenters. The Morgan fingerprint density at radius 3 is 2.52 bits per heavy atom. The number of hydrogen-bond acceptors (Lipinski definition) is 3. The first kappa shape index (κ1) is 14.5. The van der Waals surface area contributed by atoms with Gasteiger partial charge in [0.2, 0.25) is 0 Å². The smallest absolute Gasteiger partial charge is 0.124 e. The van der Waals surface area contributed by atoms with E-state index < -0.39 is 0 Å². The Labute approximate surface area is 140 Å². The Morgan fingerprint density at radius 1 is 1.00 bits per heavy atom. The van der Waals surface area contributed by atoms with Gasteiger partial charge in [-0.25, -0.2) is 9.29 Å². The molecule has 3 aromatic rings. The van der Waals surface area contributed by atoms with Crippen LogP contribution in [0.5, 0.6) is 0 Å². The number of aromatic amines is 1. The lowest BCUT2D eigenvalue weighted by Gasteiger charge is -2.21. The molecule has 0 aliphatic carbocycles. The van der Waals surface area contributed by atoms with Crippen LogP contribution in [0.1, 0.15) is 24.7 Å². The number of benzene rings is 2. The second-order valence-corrected chi connectivity index (χ2v) is 6.88. The van der Waals surface area contributed by atoms with Crippen LogP contribution in [0.15, 0.2) is 71.9 Å². The molecule has 1 aliphatic heterocycles. The quantitative estimate of drug-likeness (QED) is 0.692.